The van der Waals surface area contributed by atoms with Crippen molar-refractivity contribution < 1.29 is 9.59 Å². The van der Waals surface area contributed by atoms with Crippen LogP contribution < -0.4 is 16.0 Å². The highest BCUT2D eigenvalue weighted by molar-refractivity contribution is 6.04. The fourth-order valence-corrected chi connectivity index (χ4v) is 3.73. The first-order chi connectivity index (χ1) is 18.4. The number of benzene rings is 4. The SMILES string of the molecule is CCC(C)=C(Nc1ccc(NC(=O)c2ccccc2)cc1C)c1ccc(C)cc1.O=CNc1ccccc1. The van der Waals surface area contributed by atoms with Crippen LogP contribution in [-0.4, -0.2) is 12.3 Å². The topological polar surface area (TPSA) is 70.2 Å². The first-order valence-electron chi connectivity index (χ1n) is 12.7. The third-order valence-electron chi connectivity index (χ3n) is 6.08. The monoisotopic (exact) mass is 505 g/mol. The molecule has 0 spiro atoms. The molecule has 0 aliphatic rings. The molecule has 0 aliphatic carbocycles. The van der Waals surface area contributed by atoms with Gasteiger partial charge in [0.25, 0.3) is 5.91 Å². The number of aryl methyl sites for hydroxylation is 2. The Balaban J connectivity index is 0.000000375. The summed E-state index contributed by atoms with van der Waals surface area (Å²) in [4.78, 5) is 22.3. The van der Waals surface area contributed by atoms with E-state index < -0.39 is 0 Å². The van der Waals surface area contributed by atoms with Gasteiger partial charge in [0.1, 0.15) is 0 Å². The minimum Gasteiger partial charge on any atom is -0.355 e. The van der Waals surface area contributed by atoms with Crippen LogP contribution in [0, 0.1) is 13.8 Å². The van der Waals surface area contributed by atoms with Gasteiger partial charge in [-0.05, 0) is 86.4 Å². The molecule has 0 atom stereocenters. The van der Waals surface area contributed by atoms with Crippen LogP contribution in [0.4, 0.5) is 17.1 Å². The molecule has 0 radical (unpaired) electrons. The normalized spacial score (nSPS) is 10.8. The molecule has 4 aromatic carbocycles. The summed E-state index contributed by atoms with van der Waals surface area (Å²) in [6.07, 6.45) is 1.63. The zero-order valence-corrected chi connectivity index (χ0v) is 22.4. The molecular weight excluding hydrogens is 470 g/mol. The second-order valence-electron chi connectivity index (χ2n) is 8.98. The minimum atomic E-state index is -0.104. The lowest BCUT2D eigenvalue weighted by Gasteiger charge is -2.18. The molecule has 0 unspecified atom stereocenters. The average Bonchev–Trinajstić information content (AvgIpc) is 2.94. The van der Waals surface area contributed by atoms with E-state index in [4.69, 9.17) is 0 Å². The van der Waals surface area contributed by atoms with Crippen molar-refractivity contribution in [1.82, 2.24) is 0 Å². The number of amides is 2. The van der Waals surface area contributed by atoms with Crippen LogP contribution in [0.3, 0.4) is 0 Å². The maximum Gasteiger partial charge on any atom is 0.255 e. The highest BCUT2D eigenvalue weighted by atomic mass is 16.1. The van der Waals surface area contributed by atoms with Crippen molar-refractivity contribution in [3.8, 4) is 0 Å². The Morgan fingerprint density at radius 2 is 1.37 bits per heavy atom. The summed E-state index contributed by atoms with van der Waals surface area (Å²) in [5.74, 6) is -0.104. The van der Waals surface area contributed by atoms with Gasteiger partial charge in [0.15, 0.2) is 0 Å². The Hall–Kier alpha value is -4.64. The van der Waals surface area contributed by atoms with Gasteiger partial charge in [-0.25, -0.2) is 0 Å². The maximum atomic E-state index is 12.4. The van der Waals surface area contributed by atoms with Crippen molar-refractivity contribution in [2.45, 2.75) is 34.1 Å². The Bertz CT molecular complexity index is 1360. The van der Waals surface area contributed by atoms with Crippen LogP contribution in [-0.2, 0) is 4.79 Å². The van der Waals surface area contributed by atoms with E-state index in [-0.39, 0.29) is 5.91 Å². The fourth-order valence-electron chi connectivity index (χ4n) is 3.73. The van der Waals surface area contributed by atoms with Crippen molar-refractivity contribution in [1.29, 1.82) is 0 Å². The molecule has 0 fully saturated rings. The minimum absolute atomic E-state index is 0.104. The number of hydrogen-bond acceptors (Lipinski definition) is 3. The zero-order chi connectivity index (χ0) is 27.3. The number of hydrogen-bond donors (Lipinski definition) is 3. The first-order valence-corrected chi connectivity index (χ1v) is 12.7. The third-order valence-corrected chi connectivity index (χ3v) is 6.08. The van der Waals surface area contributed by atoms with E-state index in [1.165, 1.54) is 16.7 Å². The van der Waals surface area contributed by atoms with Crippen molar-refractivity contribution >= 4 is 35.1 Å². The Labute approximate surface area is 225 Å². The Morgan fingerprint density at radius 1 is 0.737 bits per heavy atom. The van der Waals surface area contributed by atoms with Gasteiger partial charge in [-0.3, -0.25) is 9.59 Å². The Kier molecular flexibility index (Phi) is 10.4. The van der Waals surface area contributed by atoms with Gasteiger partial charge < -0.3 is 16.0 Å². The molecule has 0 aromatic heterocycles. The molecule has 0 heterocycles. The molecule has 0 saturated carbocycles. The van der Waals surface area contributed by atoms with E-state index in [0.717, 1.165) is 34.7 Å². The van der Waals surface area contributed by atoms with E-state index >= 15 is 0 Å². The third kappa shape index (κ3) is 8.20. The number of allylic oxidation sites excluding steroid dienone is 1. The molecular formula is C33H35N3O2. The molecule has 4 rings (SSSR count). The molecule has 0 saturated heterocycles. The molecule has 2 amide bonds. The molecule has 38 heavy (non-hydrogen) atoms. The van der Waals surface area contributed by atoms with E-state index in [1.54, 1.807) is 0 Å². The van der Waals surface area contributed by atoms with Gasteiger partial charge in [-0.1, -0.05) is 73.2 Å². The zero-order valence-electron chi connectivity index (χ0n) is 22.4. The summed E-state index contributed by atoms with van der Waals surface area (Å²) in [5, 5.41) is 9.11. The van der Waals surface area contributed by atoms with E-state index in [2.05, 4.69) is 67.9 Å². The lowest BCUT2D eigenvalue weighted by Crippen LogP contribution is -2.12. The van der Waals surface area contributed by atoms with E-state index in [1.807, 2.05) is 78.9 Å². The molecule has 4 aromatic rings. The lowest BCUT2D eigenvalue weighted by atomic mass is 10.0. The number of carbonyl (C=O) groups is 2. The second-order valence-corrected chi connectivity index (χ2v) is 8.98. The number of nitrogens with one attached hydrogen (secondary N) is 3. The van der Waals surface area contributed by atoms with Crippen LogP contribution in [0.15, 0.2) is 109 Å². The van der Waals surface area contributed by atoms with Crippen LogP contribution in [0.1, 0.15) is 47.3 Å². The van der Waals surface area contributed by atoms with Crippen molar-refractivity contribution in [2.75, 3.05) is 16.0 Å². The molecule has 0 bridgehead atoms. The average molecular weight is 506 g/mol. The van der Waals surface area contributed by atoms with Gasteiger partial charge in [-0.2, -0.15) is 0 Å². The summed E-state index contributed by atoms with van der Waals surface area (Å²) in [7, 11) is 0. The fraction of sp³-hybridized carbons (Fsp3) is 0.152. The van der Waals surface area contributed by atoms with Gasteiger partial charge in [0.2, 0.25) is 6.41 Å². The highest BCUT2D eigenvalue weighted by Gasteiger charge is 2.10. The van der Waals surface area contributed by atoms with Crippen molar-refractivity contribution in [3.05, 3.63) is 131 Å². The summed E-state index contributed by atoms with van der Waals surface area (Å²) in [5.41, 5.74) is 9.23. The van der Waals surface area contributed by atoms with Crippen LogP contribution in [0.2, 0.25) is 0 Å². The van der Waals surface area contributed by atoms with Crippen LogP contribution in [0.25, 0.3) is 5.70 Å². The number of rotatable bonds is 8. The quantitative estimate of drug-likeness (QED) is 0.212. The van der Waals surface area contributed by atoms with Gasteiger partial charge in [-0.15, -0.1) is 0 Å². The van der Waals surface area contributed by atoms with Gasteiger partial charge in [0.05, 0.1) is 0 Å². The summed E-state index contributed by atoms with van der Waals surface area (Å²) >= 11 is 0. The maximum absolute atomic E-state index is 12.4. The number of para-hydroxylation sites is 1. The largest absolute Gasteiger partial charge is 0.355 e. The van der Waals surface area contributed by atoms with Crippen molar-refractivity contribution in [3.63, 3.8) is 0 Å². The molecule has 0 aliphatic heterocycles. The Morgan fingerprint density at radius 3 is 1.95 bits per heavy atom. The summed E-state index contributed by atoms with van der Waals surface area (Å²) < 4.78 is 0. The van der Waals surface area contributed by atoms with Crippen LogP contribution >= 0.6 is 0 Å². The van der Waals surface area contributed by atoms with Crippen LogP contribution in [0.5, 0.6) is 0 Å². The summed E-state index contributed by atoms with van der Waals surface area (Å²) in [6.45, 7) is 8.47. The predicted molar refractivity (Wildman–Crippen MR) is 159 cm³/mol. The molecule has 5 heteroatoms. The van der Waals surface area contributed by atoms with Gasteiger partial charge in [0, 0.05) is 28.3 Å². The lowest BCUT2D eigenvalue weighted by molar-refractivity contribution is -0.105. The highest BCUT2D eigenvalue weighted by Crippen LogP contribution is 2.27. The number of carbonyl (C=O) groups excluding carboxylic acids is 2. The summed E-state index contributed by atoms with van der Waals surface area (Å²) in [6, 6.07) is 33.1. The first kappa shape index (κ1) is 27.9. The van der Waals surface area contributed by atoms with Crippen molar-refractivity contribution in [2.24, 2.45) is 0 Å². The van der Waals surface area contributed by atoms with Gasteiger partial charge >= 0.3 is 0 Å². The predicted octanol–water partition coefficient (Wildman–Crippen LogP) is 8.06. The number of anilines is 3. The smallest absolute Gasteiger partial charge is 0.255 e. The van der Waals surface area contributed by atoms with E-state index in [9.17, 15) is 9.59 Å². The molecule has 194 valence electrons. The molecule has 5 nitrogen and oxygen atoms in total. The van der Waals surface area contributed by atoms with E-state index in [0.29, 0.717) is 12.0 Å². The molecule has 3 N–H and O–H groups in total. The second kappa shape index (κ2) is 14.2. The standard InChI is InChI=1S/C26H28N2O.C7H7NO/c1-5-19(3)25(21-13-11-18(2)12-14-21)28-24-16-15-23(17-20(24)4)27-26(29)22-9-7-6-8-10-22;9-6-8-7-4-2-1-3-5-7/h6-17,28H,5H2,1-4H3,(H,27,29);1-6H,(H,8,9).